The van der Waals surface area contributed by atoms with Crippen molar-refractivity contribution < 1.29 is 14.3 Å². The van der Waals surface area contributed by atoms with Crippen molar-refractivity contribution in [3.8, 4) is 0 Å². The van der Waals surface area contributed by atoms with Crippen molar-refractivity contribution in [3.05, 3.63) is 0 Å². The van der Waals surface area contributed by atoms with E-state index in [0.717, 1.165) is 19.3 Å². The fourth-order valence-corrected chi connectivity index (χ4v) is 2.17. The van der Waals surface area contributed by atoms with Gasteiger partial charge in [0.1, 0.15) is 6.04 Å². The molecule has 17 heavy (non-hydrogen) atoms. The molecule has 1 rings (SSSR count). The van der Waals surface area contributed by atoms with Gasteiger partial charge < -0.3 is 9.64 Å². The summed E-state index contributed by atoms with van der Waals surface area (Å²) in [6, 6.07) is -0.372. The fourth-order valence-electron chi connectivity index (χ4n) is 2.17. The number of likely N-dealkylation sites (tertiary alicyclic amines) is 1. The zero-order chi connectivity index (χ0) is 13.1. The predicted octanol–water partition coefficient (Wildman–Crippen LogP) is 1.98. The van der Waals surface area contributed by atoms with E-state index in [0.29, 0.717) is 13.0 Å². The fraction of sp³-hybridized carbons (Fsp3) is 0.846. The third kappa shape index (κ3) is 4.02. The van der Waals surface area contributed by atoms with Crippen molar-refractivity contribution >= 4 is 11.9 Å². The lowest BCUT2D eigenvalue weighted by atomic mass is 9.90. The number of carbonyl (C=O) groups is 2. The van der Waals surface area contributed by atoms with Crippen LogP contribution >= 0.6 is 0 Å². The van der Waals surface area contributed by atoms with Crippen LogP contribution in [0.1, 0.15) is 46.5 Å². The van der Waals surface area contributed by atoms with Crippen LogP contribution < -0.4 is 0 Å². The highest BCUT2D eigenvalue weighted by atomic mass is 16.5. The molecular weight excluding hydrogens is 218 g/mol. The summed E-state index contributed by atoms with van der Waals surface area (Å²) in [6.07, 6.45) is 3.16. The number of esters is 1. The van der Waals surface area contributed by atoms with E-state index in [1.807, 2.05) is 20.8 Å². The molecule has 0 saturated carbocycles. The molecule has 1 atom stereocenters. The Balaban J connectivity index is 2.71. The second kappa shape index (κ2) is 5.52. The van der Waals surface area contributed by atoms with Gasteiger partial charge in [-0.25, -0.2) is 4.79 Å². The minimum absolute atomic E-state index is 0.0464. The van der Waals surface area contributed by atoms with Crippen LogP contribution in [0.3, 0.4) is 0 Å². The van der Waals surface area contributed by atoms with Gasteiger partial charge in [-0.05, 0) is 24.7 Å². The van der Waals surface area contributed by atoms with E-state index in [1.54, 1.807) is 4.90 Å². The highest BCUT2D eigenvalue weighted by molar-refractivity contribution is 5.85. The summed E-state index contributed by atoms with van der Waals surface area (Å²) in [7, 11) is 1.38. The molecule has 0 bridgehead atoms. The molecule has 1 fully saturated rings. The first-order valence-electron chi connectivity index (χ1n) is 6.22. The first-order valence-corrected chi connectivity index (χ1v) is 6.22. The smallest absolute Gasteiger partial charge is 0.328 e. The van der Waals surface area contributed by atoms with Crippen LogP contribution in [0.15, 0.2) is 0 Å². The van der Waals surface area contributed by atoms with Gasteiger partial charge in [-0.2, -0.15) is 0 Å². The number of methoxy groups -OCH3 is 1. The summed E-state index contributed by atoms with van der Waals surface area (Å²) in [5, 5.41) is 0. The Hall–Kier alpha value is -1.06. The van der Waals surface area contributed by atoms with Crippen LogP contribution in [0, 0.1) is 5.41 Å². The SMILES string of the molecule is COC(=O)C1CCCCN1C(=O)CC(C)(C)C. The maximum atomic E-state index is 12.2. The van der Waals surface area contributed by atoms with Crippen molar-refractivity contribution in [2.24, 2.45) is 5.41 Å². The van der Waals surface area contributed by atoms with Gasteiger partial charge >= 0.3 is 5.97 Å². The third-order valence-electron chi connectivity index (χ3n) is 2.98. The summed E-state index contributed by atoms with van der Waals surface area (Å²) in [6.45, 7) is 6.76. The average molecular weight is 241 g/mol. The second-order valence-corrected chi connectivity index (χ2v) is 5.86. The zero-order valence-electron chi connectivity index (χ0n) is 11.3. The van der Waals surface area contributed by atoms with Crippen molar-refractivity contribution in [3.63, 3.8) is 0 Å². The van der Waals surface area contributed by atoms with E-state index in [9.17, 15) is 9.59 Å². The molecule has 4 heteroatoms. The Morgan fingerprint density at radius 2 is 1.94 bits per heavy atom. The van der Waals surface area contributed by atoms with E-state index >= 15 is 0 Å². The van der Waals surface area contributed by atoms with Gasteiger partial charge in [0.05, 0.1) is 7.11 Å². The molecule has 0 aliphatic carbocycles. The molecule has 1 unspecified atom stereocenters. The summed E-state index contributed by atoms with van der Waals surface area (Å²) in [4.78, 5) is 25.5. The monoisotopic (exact) mass is 241 g/mol. The standard InChI is InChI=1S/C13H23NO3/c1-13(2,3)9-11(15)14-8-6-5-7-10(14)12(16)17-4/h10H,5-9H2,1-4H3. The highest BCUT2D eigenvalue weighted by Crippen LogP contribution is 2.24. The molecule has 1 heterocycles. The van der Waals surface area contributed by atoms with Crippen LogP contribution in [0.25, 0.3) is 0 Å². The summed E-state index contributed by atoms with van der Waals surface area (Å²) >= 11 is 0. The summed E-state index contributed by atoms with van der Waals surface area (Å²) in [5.41, 5.74) is -0.0464. The molecule has 98 valence electrons. The van der Waals surface area contributed by atoms with E-state index in [-0.39, 0.29) is 23.3 Å². The molecule has 0 spiro atoms. The van der Waals surface area contributed by atoms with Gasteiger partial charge in [0.25, 0.3) is 0 Å². The van der Waals surface area contributed by atoms with E-state index in [2.05, 4.69) is 0 Å². The number of hydrogen-bond acceptors (Lipinski definition) is 3. The summed E-state index contributed by atoms with van der Waals surface area (Å²) < 4.78 is 4.77. The molecular formula is C13H23NO3. The molecule has 0 radical (unpaired) electrons. The summed E-state index contributed by atoms with van der Waals surface area (Å²) in [5.74, 6) is -0.223. The number of nitrogens with zero attached hydrogens (tertiary/aromatic N) is 1. The van der Waals surface area contributed by atoms with Gasteiger partial charge in [-0.3, -0.25) is 4.79 Å². The molecule has 1 aliphatic rings. The first kappa shape index (κ1) is 14.0. The van der Waals surface area contributed by atoms with Gasteiger partial charge in [0, 0.05) is 13.0 Å². The maximum Gasteiger partial charge on any atom is 0.328 e. The van der Waals surface area contributed by atoms with E-state index in [4.69, 9.17) is 4.74 Å². The number of ether oxygens (including phenoxy) is 1. The molecule has 1 amide bonds. The number of hydrogen-bond donors (Lipinski definition) is 0. The van der Waals surface area contributed by atoms with Crippen molar-refractivity contribution in [1.82, 2.24) is 4.90 Å². The van der Waals surface area contributed by atoms with Gasteiger partial charge in [-0.1, -0.05) is 20.8 Å². The first-order chi connectivity index (χ1) is 7.85. The maximum absolute atomic E-state index is 12.2. The molecule has 0 aromatic carbocycles. The largest absolute Gasteiger partial charge is 0.467 e. The number of amides is 1. The van der Waals surface area contributed by atoms with Crippen LogP contribution in [0.5, 0.6) is 0 Å². The van der Waals surface area contributed by atoms with Crippen LogP contribution in [0.4, 0.5) is 0 Å². The number of carbonyl (C=O) groups excluding carboxylic acids is 2. The van der Waals surface area contributed by atoms with E-state index in [1.165, 1.54) is 7.11 Å². The van der Waals surface area contributed by atoms with Crippen LogP contribution in [-0.2, 0) is 14.3 Å². The van der Waals surface area contributed by atoms with Crippen molar-refractivity contribution in [1.29, 1.82) is 0 Å². The molecule has 4 nitrogen and oxygen atoms in total. The normalized spacial score (nSPS) is 21.2. The Morgan fingerprint density at radius 3 is 2.47 bits per heavy atom. The molecule has 0 aromatic rings. The van der Waals surface area contributed by atoms with Crippen LogP contribution in [-0.4, -0.2) is 36.5 Å². The number of piperidine rings is 1. The second-order valence-electron chi connectivity index (χ2n) is 5.86. The lowest BCUT2D eigenvalue weighted by molar-refractivity contribution is -0.155. The van der Waals surface area contributed by atoms with Gasteiger partial charge in [0.2, 0.25) is 5.91 Å². The highest BCUT2D eigenvalue weighted by Gasteiger charge is 2.33. The Bertz CT molecular complexity index is 294. The zero-order valence-corrected chi connectivity index (χ0v) is 11.3. The Labute approximate surface area is 103 Å². The van der Waals surface area contributed by atoms with Crippen molar-refractivity contribution in [2.45, 2.75) is 52.5 Å². The number of rotatable bonds is 2. The third-order valence-corrected chi connectivity index (χ3v) is 2.98. The van der Waals surface area contributed by atoms with Gasteiger partial charge in [-0.15, -0.1) is 0 Å². The van der Waals surface area contributed by atoms with E-state index < -0.39 is 0 Å². The van der Waals surface area contributed by atoms with Crippen molar-refractivity contribution in [2.75, 3.05) is 13.7 Å². The Kier molecular flexibility index (Phi) is 4.54. The molecule has 0 N–H and O–H groups in total. The average Bonchev–Trinajstić information content (AvgIpc) is 2.25. The topological polar surface area (TPSA) is 46.6 Å². The Morgan fingerprint density at radius 1 is 1.29 bits per heavy atom. The quantitative estimate of drug-likeness (QED) is 0.694. The molecule has 1 aliphatic heterocycles. The molecule has 0 aromatic heterocycles. The minimum atomic E-state index is -0.372. The van der Waals surface area contributed by atoms with Crippen LogP contribution in [0.2, 0.25) is 0 Å². The lowest BCUT2D eigenvalue weighted by Gasteiger charge is -2.35. The lowest BCUT2D eigenvalue weighted by Crippen LogP contribution is -2.49. The minimum Gasteiger partial charge on any atom is -0.467 e. The predicted molar refractivity (Wildman–Crippen MR) is 65.4 cm³/mol. The molecule has 1 saturated heterocycles. The van der Waals surface area contributed by atoms with Gasteiger partial charge in [0.15, 0.2) is 0 Å².